The van der Waals surface area contributed by atoms with Gasteiger partial charge in [-0.2, -0.15) is 18.2 Å². The molecule has 0 saturated carbocycles. The monoisotopic (exact) mass is 469 g/mol. The first-order valence-electron chi connectivity index (χ1n) is 11.0. The van der Waals surface area contributed by atoms with Gasteiger partial charge in [-0.05, 0) is 36.2 Å². The summed E-state index contributed by atoms with van der Waals surface area (Å²) in [5, 5.41) is 4.18. The fraction of sp³-hybridized carbons (Fsp3) is 0.292. The summed E-state index contributed by atoms with van der Waals surface area (Å²) < 4.78 is 41.4. The molecule has 176 valence electrons. The van der Waals surface area contributed by atoms with Crippen LogP contribution in [0.5, 0.6) is 0 Å². The van der Waals surface area contributed by atoms with E-state index in [0.717, 1.165) is 23.9 Å². The smallest absolute Gasteiger partial charge is 0.324 e. The number of hydrogen-bond donors (Lipinski definition) is 1. The number of benzene rings is 2. The van der Waals surface area contributed by atoms with Crippen LogP contribution in [0.1, 0.15) is 36.4 Å². The Morgan fingerprint density at radius 1 is 1.06 bits per heavy atom. The van der Waals surface area contributed by atoms with Crippen LogP contribution in [-0.4, -0.2) is 29.0 Å². The maximum absolute atomic E-state index is 13.8. The zero-order chi connectivity index (χ0) is 23.7. The standard InChI is InChI=1S/C24H22F3N5O2/c25-24(26,27)19-15-28-23(29-17-8-10-18(11-9-17)31-13-4-7-21(31)33)30-22(19)32-20(12-14-34-32)16-5-2-1-3-6-16/h1-3,5-6,8-11,15,20H,4,7,12-14H2,(H,28,29,30)/t20-/m0/s1. The van der Waals surface area contributed by atoms with E-state index in [-0.39, 0.29) is 24.3 Å². The molecule has 1 N–H and O–H groups in total. The number of carbonyl (C=O) groups excluding carboxylic acids is 1. The lowest BCUT2D eigenvalue weighted by atomic mass is 10.0. The van der Waals surface area contributed by atoms with Crippen molar-refractivity contribution in [2.24, 2.45) is 0 Å². The highest BCUT2D eigenvalue weighted by molar-refractivity contribution is 5.95. The predicted molar refractivity (Wildman–Crippen MR) is 121 cm³/mol. The van der Waals surface area contributed by atoms with E-state index >= 15 is 0 Å². The third-order valence-electron chi connectivity index (χ3n) is 5.88. The summed E-state index contributed by atoms with van der Waals surface area (Å²) in [6, 6.07) is 15.9. The van der Waals surface area contributed by atoms with Crippen LogP contribution in [0.15, 0.2) is 60.8 Å². The van der Waals surface area contributed by atoms with Gasteiger partial charge in [-0.1, -0.05) is 30.3 Å². The minimum absolute atomic E-state index is 0.00955. The van der Waals surface area contributed by atoms with Gasteiger partial charge in [0.2, 0.25) is 11.9 Å². The summed E-state index contributed by atoms with van der Waals surface area (Å²) in [7, 11) is 0. The third-order valence-corrected chi connectivity index (χ3v) is 5.88. The Bertz CT molecular complexity index is 1170. The van der Waals surface area contributed by atoms with Crippen LogP contribution in [0.2, 0.25) is 0 Å². The summed E-state index contributed by atoms with van der Waals surface area (Å²) in [4.78, 5) is 27.4. The van der Waals surface area contributed by atoms with E-state index in [2.05, 4.69) is 15.3 Å². The van der Waals surface area contributed by atoms with E-state index in [1.807, 2.05) is 30.3 Å². The van der Waals surface area contributed by atoms with Crippen molar-refractivity contribution in [3.05, 3.63) is 71.9 Å². The summed E-state index contributed by atoms with van der Waals surface area (Å²) in [5.74, 6) is -0.249. The Balaban J connectivity index is 1.43. The molecule has 2 saturated heterocycles. The molecule has 3 heterocycles. The zero-order valence-corrected chi connectivity index (χ0v) is 18.1. The topological polar surface area (TPSA) is 70.6 Å². The highest BCUT2D eigenvalue weighted by atomic mass is 19.4. The number of nitrogens with one attached hydrogen (secondary N) is 1. The summed E-state index contributed by atoms with van der Waals surface area (Å²) >= 11 is 0. The first-order valence-corrected chi connectivity index (χ1v) is 11.0. The number of amides is 1. The summed E-state index contributed by atoms with van der Waals surface area (Å²) in [6.45, 7) is 0.954. The lowest BCUT2D eigenvalue weighted by Crippen LogP contribution is -2.26. The van der Waals surface area contributed by atoms with Gasteiger partial charge in [0.1, 0.15) is 5.56 Å². The summed E-state index contributed by atoms with van der Waals surface area (Å²) in [6.07, 6.45) is -1.99. The molecule has 0 radical (unpaired) electrons. The van der Waals surface area contributed by atoms with Gasteiger partial charge in [0.15, 0.2) is 5.82 Å². The van der Waals surface area contributed by atoms with E-state index in [0.29, 0.717) is 25.1 Å². The molecule has 1 atom stereocenters. The van der Waals surface area contributed by atoms with Crippen LogP contribution in [0.25, 0.3) is 0 Å². The SMILES string of the molecule is O=C1CCCN1c1ccc(Nc2ncc(C(F)(F)F)c(N3OCC[C@H]3c3ccccc3)n2)cc1. The molecule has 0 spiro atoms. The third kappa shape index (κ3) is 4.41. The first-order chi connectivity index (χ1) is 16.4. The van der Waals surface area contributed by atoms with Gasteiger partial charge in [-0.15, -0.1) is 0 Å². The molecular weight excluding hydrogens is 447 g/mol. The number of rotatable bonds is 5. The van der Waals surface area contributed by atoms with Crippen LogP contribution in [0.4, 0.5) is 36.3 Å². The average molecular weight is 469 g/mol. The van der Waals surface area contributed by atoms with Gasteiger partial charge in [0.05, 0.1) is 12.6 Å². The quantitative estimate of drug-likeness (QED) is 0.551. The molecule has 2 aliphatic heterocycles. The van der Waals surface area contributed by atoms with Crippen molar-refractivity contribution in [3.8, 4) is 0 Å². The minimum atomic E-state index is -4.65. The average Bonchev–Trinajstić information content (AvgIpc) is 3.49. The molecule has 2 aliphatic rings. The number of anilines is 4. The number of aromatic nitrogens is 2. The van der Waals surface area contributed by atoms with Gasteiger partial charge >= 0.3 is 6.18 Å². The molecule has 0 unspecified atom stereocenters. The molecule has 0 bridgehead atoms. The van der Waals surface area contributed by atoms with E-state index in [1.165, 1.54) is 5.06 Å². The lowest BCUT2D eigenvalue weighted by molar-refractivity contribution is -0.138. The molecule has 34 heavy (non-hydrogen) atoms. The van der Waals surface area contributed by atoms with Gasteiger partial charge < -0.3 is 10.2 Å². The minimum Gasteiger partial charge on any atom is -0.324 e. The van der Waals surface area contributed by atoms with Crippen LogP contribution in [0, 0.1) is 0 Å². The first kappa shape index (κ1) is 22.1. The van der Waals surface area contributed by atoms with E-state index in [9.17, 15) is 18.0 Å². The highest BCUT2D eigenvalue weighted by Gasteiger charge is 2.40. The second-order valence-electron chi connectivity index (χ2n) is 8.12. The second kappa shape index (κ2) is 8.94. The molecule has 1 aromatic heterocycles. The van der Waals surface area contributed by atoms with Crippen molar-refractivity contribution < 1.29 is 22.8 Å². The Labute approximate surface area is 194 Å². The van der Waals surface area contributed by atoms with Gasteiger partial charge in [0, 0.05) is 37.0 Å². The number of hydrogen-bond acceptors (Lipinski definition) is 6. The highest BCUT2D eigenvalue weighted by Crippen LogP contribution is 2.41. The fourth-order valence-corrected chi connectivity index (χ4v) is 4.23. The normalized spacial score (nSPS) is 18.6. The number of carbonyl (C=O) groups is 1. The molecule has 3 aromatic rings. The van der Waals surface area contributed by atoms with Crippen LogP contribution < -0.4 is 15.3 Å². The van der Waals surface area contributed by atoms with Crippen molar-refractivity contribution in [2.75, 3.05) is 28.4 Å². The number of alkyl halides is 3. The molecule has 10 heteroatoms. The number of halogens is 3. The van der Waals surface area contributed by atoms with Crippen LogP contribution >= 0.6 is 0 Å². The Kier molecular flexibility index (Phi) is 5.82. The molecule has 0 aliphatic carbocycles. The second-order valence-corrected chi connectivity index (χ2v) is 8.12. The van der Waals surface area contributed by atoms with Gasteiger partial charge in [-0.3, -0.25) is 9.63 Å². The molecule has 2 fully saturated rings. The number of hydroxylamine groups is 1. The Morgan fingerprint density at radius 3 is 2.50 bits per heavy atom. The Hall–Kier alpha value is -3.66. The molecular formula is C24H22F3N5O2. The fourth-order valence-electron chi connectivity index (χ4n) is 4.23. The lowest BCUT2D eigenvalue weighted by Gasteiger charge is -2.26. The molecule has 1 amide bonds. The van der Waals surface area contributed by atoms with Crippen molar-refractivity contribution in [1.29, 1.82) is 0 Å². The van der Waals surface area contributed by atoms with Crippen molar-refractivity contribution in [3.63, 3.8) is 0 Å². The zero-order valence-electron chi connectivity index (χ0n) is 18.1. The van der Waals surface area contributed by atoms with Crippen LogP contribution in [0.3, 0.4) is 0 Å². The Morgan fingerprint density at radius 2 is 1.82 bits per heavy atom. The van der Waals surface area contributed by atoms with Crippen molar-refractivity contribution in [2.45, 2.75) is 31.5 Å². The maximum atomic E-state index is 13.8. The predicted octanol–water partition coefficient (Wildman–Crippen LogP) is 5.25. The van der Waals surface area contributed by atoms with Gasteiger partial charge in [-0.25, -0.2) is 10.0 Å². The van der Waals surface area contributed by atoms with Crippen LogP contribution in [-0.2, 0) is 15.8 Å². The van der Waals surface area contributed by atoms with E-state index in [4.69, 9.17) is 4.84 Å². The van der Waals surface area contributed by atoms with Crippen molar-refractivity contribution >= 4 is 29.0 Å². The maximum Gasteiger partial charge on any atom is 0.421 e. The summed E-state index contributed by atoms with van der Waals surface area (Å²) in [5.41, 5.74) is 1.23. The molecule has 2 aromatic carbocycles. The van der Waals surface area contributed by atoms with E-state index < -0.39 is 17.8 Å². The molecule has 7 nitrogen and oxygen atoms in total. The number of nitrogens with zero attached hydrogens (tertiary/aromatic N) is 4. The largest absolute Gasteiger partial charge is 0.421 e. The molecule has 5 rings (SSSR count). The van der Waals surface area contributed by atoms with Gasteiger partial charge in [0.25, 0.3) is 0 Å². The van der Waals surface area contributed by atoms with Crippen molar-refractivity contribution in [1.82, 2.24) is 9.97 Å². The van der Waals surface area contributed by atoms with E-state index in [1.54, 1.807) is 29.2 Å².